The van der Waals surface area contributed by atoms with Crippen LogP contribution in [0.5, 0.6) is 5.75 Å². The summed E-state index contributed by atoms with van der Waals surface area (Å²) in [7, 11) is -0.527. The zero-order valence-electron chi connectivity index (χ0n) is 15.6. The van der Waals surface area contributed by atoms with Crippen molar-refractivity contribution in [1.29, 1.82) is 0 Å². The molecule has 0 aromatic heterocycles. The second-order valence-corrected chi connectivity index (χ2v) is 7.48. The van der Waals surface area contributed by atoms with E-state index >= 15 is 0 Å². The minimum absolute atomic E-state index is 0.334. The van der Waals surface area contributed by atoms with Gasteiger partial charge in [-0.2, -0.15) is 0 Å². The molecule has 1 aliphatic rings. The summed E-state index contributed by atoms with van der Waals surface area (Å²) < 4.78 is 18.0. The summed E-state index contributed by atoms with van der Waals surface area (Å²) >= 11 is 0. The molecule has 5 nitrogen and oxygen atoms in total. The number of amides is 1. The third-order valence-electron chi connectivity index (χ3n) is 5.03. The molecule has 3 rings (SSSR count). The average Bonchev–Trinajstić information content (AvgIpc) is 2.81. The van der Waals surface area contributed by atoms with Gasteiger partial charge in [0.15, 0.2) is 0 Å². The van der Waals surface area contributed by atoms with Crippen LogP contribution in [0.1, 0.15) is 43.6 Å². The summed E-state index contributed by atoms with van der Waals surface area (Å²) in [6.07, 6.45) is 0. The van der Waals surface area contributed by atoms with Crippen LogP contribution in [0.15, 0.2) is 48.5 Å². The fraction of sp³-hybridized carbons (Fsp3) is 0.350. The van der Waals surface area contributed by atoms with Crippen LogP contribution in [0.2, 0.25) is 0 Å². The lowest BCUT2D eigenvalue weighted by atomic mass is 9.78. The van der Waals surface area contributed by atoms with E-state index in [9.17, 15) is 4.79 Å². The number of rotatable bonds is 5. The molecule has 6 heteroatoms. The van der Waals surface area contributed by atoms with Crippen LogP contribution < -0.4 is 15.9 Å². The molecule has 2 aromatic carbocycles. The minimum atomic E-state index is -0.534. The van der Waals surface area contributed by atoms with Crippen LogP contribution in [-0.2, 0) is 15.9 Å². The molecule has 1 heterocycles. The van der Waals surface area contributed by atoms with Gasteiger partial charge >= 0.3 is 7.12 Å². The van der Waals surface area contributed by atoms with Gasteiger partial charge in [0.25, 0.3) is 5.91 Å². The third kappa shape index (κ3) is 3.62. The Morgan fingerprint density at radius 2 is 1.65 bits per heavy atom. The fourth-order valence-electron chi connectivity index (χ4n) is 2.72. The molecule has 0 bridgehead atoms. The van der Waals surface area contributed by atoms with E-state index in [1.54, 1.807) is 18.2 Å². The molecule has 0 spiro atoms. The number of benzene rings is 2. The SMILES string of the molecule is CC1(C)OB(c2ccc(C(N)=O)c(OCc3ccccc3)c2)OC1(C)C. The van der Waals surface area contributed by atoms with Crippen LogP contribution in [0, 0.1) is 0 Å². The second kappa shape index (κ2) is 6.78. The van der Waals surface area contributed by atoms with Crippen LogP contribution in [0.25, 0.3) is 0 Å². The maximum absolute atomic E-state index is 11.8. The lowest BCUT2D eigenvalue weighted by Gasteiger charge is -2.32. The number of nitrogens with two attached hydrogens (primary N) is 1. The first-order valence-electron chi connectivity index (χ1n) is 8.66. The first-order valence-corrected chi connectivity index (χ1v) is 8.66. The lowest BCUT2D eigenvalue weighted by molar-refractivity contribution is 0.00578. The number of carbonyl (C=O) groups is 1. The molecule has 2 aromatic rings. The fourth-order valence-corrected chi connectivity index (χ4v) is 2.72. The van der Waals surface area contributed by atoms with Crippen LogP contribution >= 0.6 is 0 Å². The molecule has 0 radical (unpaired) electrons. The zero-order valence-corrected chi connectivity index (χ0v) is 15.6. The lowest BCUT2D eigenvalue weighted by Crippen LogP contribution is -2.41. The van der Waals surface area contributed by atoms with E-state index in [0.717, 1.165) is 11.0 Å². The van der Waals surface area contributed by atoms with Gasteiger partial charge in [0.2, 0.25) is 0 Å². The van der Waals surface area contributed by atoms with Gasteiger partial charge in [0.05, 0.1) is 16.8 Å². The number of carbonyl (C=O) groups excluding carboxylic acids is 1. The Labute approximate surface area is 154 Å². The maximum Gasteiger partial charge on any atom is 0.494 e. The summed E-state index contributed by atoms with van der Waals surface area (Å²) in [5, 5.41) is 0. The van der Waals surface area contributed by atoms with Gasteiger partial charge in [-0.15, -0.1) is 0 Å². The minimum Gasteiger partial charge on any atom is -0.488 e. The molecule has 136 valence electrons. The zero-order chi connectivity index (χ0) is 18.9. The van der Waals surface area contributed by atoms with Crippen molar-refractivity contribution in [3.8, 4) is 5.75 Å². The molecule has 0 aliphatic carbocycles. The van der Waals surface area contributed by atoms with Crippen LogP contribution in [0.3, 0.4) is 0 Å². The number of ether oxygens (including phenoxy) is 1. The van der Waals surface area contributed by atoms with Gasteiger partial charge in [-0.05, 0) is 50.9 Å². The number of primary amides is 1. The van der Waals surface area contributed by atoms with Gasteiger partial charge in [-0.25, -0.2) is 0 Å². The first-order chi connectivity index (χ1) is 12.2. The molecular formula is C20H24BNO4. The summed E-state index contributed by atoms with van der Waals surface area (Å²) in [6.45, 7) is 8.33. The van der Waals surface area contributed by atoms with E-state index in [4.69, 9.17) is 19.8 Å². The van der Waals surface area contributed by atoms with E-state index in [1.807, 2.05) is 58.0 Å². The molecule has 2 N–H and O–H groups in total. The Bertz CT molecular complexity index is 789. The maximum atomic E-state index is 11.8. The molecule has 1 saturated heterocycles. The van der Waals surface area contributed by atoms with Gasteiger partial charge < -0.3 is 19.8 Å². The number of hydrogen-bond acceptors (Lipinski definition) is 4. The summed E-state index contributed by atoms with van der Waals surface area (Å²) in [4.78, 5) is 11.8. The molecular weight excluding hydrogens is 329 g/mol. The molecule has 1 amide bonds. The Morgan fingerprint density at radius 1 is 1.04 bits per heavy atom. The molecule has 0 saturated carbocycles. The van der Waals surface area contributed by atoms with Crippen molar-refractivity contribution < 1.29 is 18.8 Å². The van der Waals surface area contributed by atoms with Gasteiger partial charge in [0.1, 0.15) is 12.4 Å². The van der Waals surface area contributed by atoms with E-state index in [0.29, 0.717) is 17.9 Å². The summed E-state index contributed by atoms with van der Waals surface area (Å²) in [5.74, 6) is -0.109. The van der Waals surface area contributed by atoms with Crippen molar-refractivity contribution in [1.82, 2.24) is 0 Å². The van der Waals surface area contributed by atoms with E-state index < -0.39 is 24.2 Å². The quantitative estimate of drug-likeness (QED) is 0.839. The Kier molecular flexibility index (Phi) is 4.82. The topological polar surface area (TPSA) is 70.8 Å². The predicted molar refractivity (Wildman–Crippen MR) is 101 cm³/mol. The van der Waals surface area contributed by atoms with Crippen molar-refractivity contribution in [2.75, 3.05) is 0 Å². The van der Waals surface area contributed by atoms with Crippen LogP contribution in [-0.4, -0.2) is 24.2 Å². The van der Waals surface area contributed by atoms with Crippen molar-refractivity contribution in [2.24, 2.45) is 5.73 Å². The van der Waals surface area contributed by atoms with Gasteiger partial charge in [-0.3, -0.25) is 4.79 Å². The highest BCUT2D eigenvalue weighted by Gasteiger charge is 2.51. The second-order valence-electron chi connectivity index (χ2n) is 7.48. The highest BCUT2D eigenvalue weighted by atomic mass is 16.7. The Hall–Kier alpha value is -2.31. The largest absolute Gasteiger partial charge is 0.494 e. The predicted octanol–water partition coefficient (Wildman–Crippen LogP) is 2.66. The number of hydrogen-bond donors (Lipinski definition) is 1. The average molecular weight is 353 g/mol. The van der Waals surface area contributed by atoms with Crippen molar-refractivity contribution in [2.45, 2.75) is 45.5 Å². The van der Waals surface area contributed by atoms with E-state index in [-0.39, 0.29) is 0 Å². The normalized spacial score (nSPS) is 17.9. The van der Waals surface area contributed by atoms with Crippen LogP contribution in [0.4, 0.5) is 0 Å². The van der Waals surface area contributed by atoms with Crippen molar-refractivity contribution in [3.05, 3.63) is 59.7 Å². The van der Waals surface area contributed by atoms with E-state index in [2.05, 4.69) is 0 Å². The first kappa shape index (κ1) is 18.5. The molecule has 0 unspecified atom stereocenters. The van der Waals surface area contributed by atoms with Gasteiger partial charge in [0, 0.05) is 0 Å². The van der Waals surface area contributed by atoms with Crippen molar-refractivity contribution >= 4 is 18.5 Å². The molecule has 26 heavy (non-hydrogen) atoms. The third-order valence-corrected chi connectivity index (χ3v) is 5.03. The Balaban J connectivity index is 1.86. The summed E-state index contributed by atoms with van der Waals surface area (Å²) in [5.41, 5.74) is 6.74. The smallest absolute Gasteiger partial charge is 0.488 e. The Morgan fingerprint density at radius 3 is 2.23 bits per heavy atom. The highest BCUT2D eigenvalue weighted by molar-refractivity contribution is 6.62. The molecule has 0 atom stereocenters. The summed E-state index contributed by atoms with van der Waals surface area (Å²) in [6, 6.07) is 15.0. The standard InChI is InChI=1S/C20H24BNO4/c1-19(2)20(3,4)26-21(25-19)15-10-11-16(18(22)23)17(12-15)24-13-14-8-6-5-7-9-14/h5-12H,13H2,1-4H3,(H2,22,23). The highest BCUT2D eigenvalue weighted by Crippen LogP contribution is 2.36. The van der Waals surface area contributed by atoms with E-state index in [1.165, 1.54) is 0 Å². The van der Waals surface area contributed by atoms with Crippen molar-refractivity contribution in [3.63, 3.8) is 0 Å². The molecule has 1 aliphatic heterocycles. The monoisotopic (exact) mass is 353 g/mol. The molecule has 1 fully saturated rings. The van der Waals surface area contributed by atoms with Gasteiger partial charge in [-0.1, -0.05) is 36.4 Å².